The van der Waals surface area contributed by atoms with Crippen molar-refractivity contribution in [3.63, 3.8) is 0 Å². The molecule has 1 aliphatic rings. The van der Waals surface area contributed by atoms with Crippen molar-refractivity contribution in [2.75, 3.05) is 27.2 Å². The molecule has 6 nitrogen and oxygen atoms in total. The quantitative estimate of drug-likeness (QED) is 0.586. The molecule has 1 rings (SSSR count). The summed E-state index contributed by atoms with van der Waals surface area (Å²) in [6.07, 6.45) is 2.78. The lowest BCUT2D eigenvalue weighted by Gasteiger charge is -2.26. The fraction of sp³-hybridized carbons (Fsp3) is 0.818. The molecule has 0 bridgehead atoms. The summed E-state index contributed by atoms with van der Waals surface area (Å²) >= 11 is 0. The molecule has 0 heterocycles. The third kappa shape index (κ3) is 4.70. The number of imide groups is 1. The maximum absolute atomic E-state index is 11.4. The van der Waals surface area contributed by atoms with E-state index in [1.807, 2.05) is 7.05 Å². The first-order valence-electron chi connectivity index (χ1n) is 6.00. The van der Waals surface area contributed by atoms with Crippen LogP contribution in [0.1, 0.15) is 19.3 Å². The van der Waals surface area contributed by atoms with Gasteiger partial charge in [0.05, 0.1) is 0 Å². The van der Waals surface area contributed by atoms with Gasteiger partial charge in [0.25, 0.3) is 0 Å². The van der Waals surface area contributed by atoms with Crippen molar-refractivity contribution >= 4 is 11.9 Å². The zero-order chi connectivity index (χ0) is 12.8. The number of carbonyl (C=O) groups is 2. The first-order valence-corrected chi connectivity index (χ1v) is 6.00. The minimum absolute atomic E-state index is 0.261. The number of likely N-dealkylation sites (N-methyl/N-ethyl adjacent to an activating group) is 1. The van der Waals surface area contributed by atoms with Gasteiger partial charge in [-0.3, -0.25) is 10.1 Å². The fourth-order valence-corrected chi connectivity index (χ4v) is 1.91. The third-order valence-electron chi connectivity index (χ3n) is 3.15. The van der Waals surface area contributed by atoms with Crippen LogP contribution in [0.15, 0.2) is 0 Å². The maximum Gasteiger partial charge on any atom is 0.321 e. The molecule has 1 atom stereocenters. The molecule has 0 aromatic heterocycles. The molecule has 6 heteroatoms. The summed E-state index contributed by atoms with van der Waals surface area (Å²) < 4.78 is 0. The first kappa shape index (κ1) is 13.9. The molecule has 0 aromatic rings. The first-order chi connectivity index (χ1) is 8.08. The highest BCUT2D eigenvalue weighted by Gasteiger charge is 2.32. The molecule has 1 aliphatic carbocycles. The summed E-state index contributed by atoms with van der Waals surface area (Å²) in [4.78, 5) is 24.4. The standard InChI is InChI=1S/C11H22N4O2/c1-13-11(17)14-10(16)5-6-15(2)9(7-12)8-3-4-8/h8-9H,3-7,12H2,1-2H3,(H2,13,14,16,17). The van der Waals surface area contributed by atoms with Crippen molar-refractivity contribution in [1.82, 2.24) is 15.5 Å². The molecule has 1 unspecified atom stereocenters. The van der Waals surface area contributed by atoms with E-state index in [2.05, 4.69) is 15.5 Å². The second-order valence-electron chi connectivity index (χ2n) is 4.50. The van der Waals surface area contributed by atoms with Crippen LogP contribution in [-0.2, 0) is 4.79 Å². The topological polar surface area (TPSA) is 87.5 Å². The van der Waals surface area contributed by atoms with E-state index in [4.69, 9.17) is 5.73 Å². The van der Waals surface area contributed by atoms with Gasteiger partial charge in [0, 0.05) is 32.6 Å². The Labute approximate surface area is 102 Å². The van der Waals surface area contributed by atoms with Gasteiger partial charge in [-0.15, -0.1) is 0 Å². The molecule has 0 radical (unpaired) electrons. The van der Waals surface area contributed by atoms with Gasteiger partial charge in [-0.05, 0) is 25.8 Å². The number of urea groups is 1. The van der Waals surface area contributed by atoms with E-state index in [1.165, 1.54) is 19.9 Å². The summed E-state index contributed by atoms with van der Waals surface area (Å²) in [7, 11) is 3.45. The summed E-state index contributed by atoms with van der Waals surface area (Å²) in [5, 5.41) is 4.58. The summed E-state index contributed by atoms with van der Waals surface area (Å²) in [6, 6.07) is -0.0991. The highest BCUT2D eigenvalue weighted by molar-refractivity contribution is 5.94. The Morgan fingerprint density at radius 3 is 2.59 bits per heavy atom. The number of nitrogens with two attached hydrogens (primary N) is 1. The third-order valence-corrected chi connectivity index (χ3v) is 3.15. The predicted molar refractivity (Wildman–Crippen MR) is 65.4 cm³/mol. The lowest BCUT2D eigenvalue weighted by Crippen LogP contribution is -2.43. The molecule has 17 heavy (non-hydrogen) atoms. The SMILES string of the molecule is CNC(=O)NC(=O)CCN(C)C(CN)C1CC1. The van der Waals surface area contributed by atoms with Crippen molar-refractivity contribution in [1.29, 1.82) is 0 Å². The van der Waals surface area contributed by atoms with Crippen LogP contribution in [0.3, 0.4) is 0 Å². The van der Waals surface area contributed by atoms with Crippen LogP contribution in [0.4, 0.5) is 4.79 Å². The van der Waals surface area contributed by atoms with Crippen molar-refractivity contribution in [3.05, 3.63) is 0 Å². The van der Waals surface area contributed by atoms with Gasteiger partial charge in [-0.2, -0.15) is 0 Å². The second kappa shape index (κ2) is 6.56. The molecule has 1 saturated carbocycles. The van der Waals surface area contributed by atoms with E-state index < -0.39 is 6.03 Å². The Hall–Kier alpha value is -1.14. The van der Waals surface area contributed by atoms with E-state index in [0.29, 0.717) is 31.5 Å². The van der Waals surface area contributed by atoms with Gasteiger partial charge in [-0.25, -0.2) is 4.79 Å². The molecule has 1 fully saturated rings. The van der Waals surface area contributed by atoms with Crippen molar-refractivity contribution in [2.24, 2.45) is 11.7 Å². The Morgan fingerprint density at radius 1 is 1.47 bits per heavy atom. The molecule has 98 valence electrons. The number of hydrogen-bond donors (Lipinski definition) is 3. The van der Waals surface area contributed by atoms with E-state index in [0.717, 1.165) is 0 Å². The highest BCUT2D eigenvalue weighted by atomic mass is 16.2. The van der Waals surface area contributed by atoms with Crippen LogP contribution < -0.4 is 16.4 Å². The molecular formula is C11H22N4O2. The molecule has 4 N–H and O–H groups in total. The maximum atomic E-state index is 11.4. The van der Waals surface area contributed by atoms with Gasteiger partial charge >= 0.3 is 6.03 Å². The van der Waals surface area contributed by atoms with Gasteiger partial charge in [-0.1, -0.05) is 0 Å². The predicted octanol–water partition coefficient (Wildman–Crippen LogP) is -0.499. The number of rotatable bonds is 6. The monoisotopic (exact) mass is 242 g/mol. The normalized spacial score (nSPS) is 16.7. The van der Waals surface area contributed by atoms with E-state index in [1.54, 1.807) is 0 Å². The Bertz CT molecular complexity index is 279. The molecule has 0 aromatic carbocycles. The van der Waals surface area contributed by atoms with Crippen LogP contribution >= 0.6 is 0 Å². The van der Waals surface area contributed by atoms with Gasteiger partial charge in [0.2, 0.25) is 5.91 Å². The van der Waals surface area contributed by atoms with Gasteiger partial charge in [0.1, 0.15) is 0 Å². The molecule has 0 saturated heterocycles. The Balaban J connectivity index is 2.24. The van der Waals surface area contributed by atoms with Crippen LogP contribution in [0.25, 0.3) is 0 Å². The largest absolute Gasteiger partial charge is 0.341 e. The van der Waals surface area contributed by atoms with Crippen molar-refractivity contribution in [2.45, 2.75) is 25.3 Å². The van der Waals surface area contributed by atoms with Crippen LogP contribution in [0.2, 0.25) is 0 Å². The van der Waals surface area contributed by atoms with E-state index >= 15 is 0 Å². The molecule has 3 amide bonds. The average molecular weight is 242 g/mol. The number of carbonyl (C=O) groups excluding carboxylic acids is 2. The summed E-state index contributed by atoms with van der Waals surface area (Å²) in [5.41, 5.74) is 5.72. The van der Waals surface area contributed by atoms with Gasteiger partial charge in [0.15, 0.2) is 0 Å². The lowest BCUT2D eigenvalue weighted by atomic mass is 10.1. The van der Waals surface area contributed by atoms with Gasteiger partial charge < -0.3 is 16.0 Å². The Kier molecular flexibility index (Phi) is 5.37. The highest BCUT2D eigenvalue weighted by Crippen LogP contribution is 2.34. The zero-order valence-corrected chi connectivity index (χ0v) is 10.5. The zero-order valence-electron chi connectivity index (χ0n) is 10.5. The minimum Gasteiger partial charge on any atom is -0.341 e. The lowest BCUT2D eigenvalue weighted by molar-refractivity contribution is -0.120. The average Bonchev–Trinajstić information content (AvgIpc) is 3.11. The van der Waals surface area contributed by atoms with Crippen molar-refractivity contribution < 1.29 is 9.59 Å². The minimum atomic E-state index is -0.463. The van der Waals surface area contributed by atoms with E-state index in [9.17, 15) is 9.59 Å². The van der Waals surface area contributed by atoms with Crippen molar-refractivity contribution in [3.8, 4) is 0 Å². The van der Waals surface area contributed by atoms with E-state index in [-0.39, 0.29) is 5.91 Å². The molecular weight excluding hydrogens is 220 g/mol. The smallest absolute Gasteiger partial charge is 0.321 e. The summed E-state index contributed by atoms with van der Waals surface area (Å²) in [5.74, 6) is 0.426. The van der Waals surface area contributed by atoms with Crippen LogP contribution in [0, 0.1) is 5.92 Å². The molecule has 0 spiro atoms. The second-order valence-corrected chi connectivity index (χ2v) is 4.50. The van der Waals surface area contributed by atoms with Crippen LogP contribution in [0.5, 0.6) is 0 Å². The fourth-order valence-electron chi connectivity index (χ4n) is 1.91. The number of amides is 3. The number of nitrogens with zero attached hydrogens (tertiary/aromatic N) is 1. The number of hydrogen-bond acceptors (Lipinski definition) is 4. The van der Waals surface area contributed by atoms with Crippen LogP contribution in [-0.4, -0.2) is 50.1 Å². The summed E-state index contributed by atoms with van der Waals surface area (Å²) in [6.45, 7) is 1.25. The molecule has 0 aliphatic heterocycles. The number of nitrogens with one attached hydrogen (secondary N) is 2. The Morgan fingerprint density at radius 2 is 2.12 bits per heavy atom.